The predicted molar refractivity (Wildman–Crippen MR) is 66.8 cm³/mol. The van der Waals surface area contributed by atoms with Crippen LogP contribution in [0.15, 0.2) is 49.1 Å². The lowest BCUT2D eigenvalue weighted by Crippen LogP contribution is -2.27. The van der Waals surface area contributed by atoms with Gasteiger partial charge in [-0.05, 0) is 36.1 Å². The van der Waals surface area contributed by atoms with Gasteiger partial charge in [0.15, 0.2) is 0 Å². The van der Waals surface area contributed by atoms with Crippen molar-refractivity contribution in [2.45, 2.75) is 26.7 Å². The highest BCUT2D eigenvalue weighted by Gasteiger charge is 1.92. The molecule has 17 heavy (non-hydrogen) atoms. The molecule has 0 bridgehead atoms. The second-order valence-electron chi connectivity index (χ2n) is 3.65. The Morgan fingerprint density at radius 2 is 1.41 bits per heavy atom. The number of hydrogen-bond donors (Lipinski definition) is 1. The lowest BCUT2D eigenvalue weighted by atomic mass is 10.2. The zero-order valence-electron chi connectivity index (χ0n) is 10.4. The molecule has 90 valence electrons. The van der Waals surface area contributed by atoms with Gasteiger partial charge >= 0.3 is 0 Å². The van der Waals surface area contributed by atoms with Gasteiger partial charge < -0.3 is 0 Å². The van der Waals surface area contributed by atoms with Crippen LogP contribution in [0.2, 0.25) is 0 Å². The molecule has 3 heteroatoms. The maximum atomic E-state index is 8.77. The Bertz CT molecular complexity index is 412. The average Bonchev–Trinajstić information content (AvgIpc) is 2.41. The van der Waals surface area contributed by atoms with Gasteiger partial charge in [0.25, 0.3) is 0 Å². The normalized spacial score (nSPS) is 9.29. The van der Waals surface area contributed by atoms with Gasteiger partial charge in [0.2, 0.25) is 12.4 Å². The van der Waals surface area contributed by atoms with E-state index in [2.05, 4.69) is 18.8 Å². The second-order valence-corrected chi connectivity index (χ2v) is 3.65. The molecule has 2 aromatic heterocycles. The van der Waals surface area contributed by atoms with Crippen molar-refractivity contribution in [3.63, 3.8) is 0 Å². The van der Waals surface area contributed by atoms with Crippen LogP contribution in [0.5, 0.6) is 0 Å². The predicted octanol–water partition coefficient (Wildman–Crippen LogP) is 2.42. The standard InChI is InChI=1S/C7H10NO.C7H9N/c1-2-7-3-5-8(9)6-4-7;1-2-7-3-5-8-6-4-7/h3-6,9H,2H2,1H3;3-6H,2H2,1H3/q+1;. The molecule has 0 spiro atoms. The zero-order valence-corrected chi connectivity index (χ0v) is 10.4. The van der Waals surface area contributed by atoms with E-state index in [9.17, 15) is 0 Å². The number of aromatic nitrogens is 2. The molecule has 0 saturated heterocycles. The van der Waals surface area contributed by atoms with Crippen LogP contribution in [0.1, 0.15) is 25.0 Å². The van der Waals surface area contributed by atoms with Crippen LogP contribution < -0.4 is 4.73 Å². The monoisotopic (exact) mass is 231 g/mol. The first-order valence-corrected chi connectivity index (χ1v) is 5.84. The molecule has 1 N–H and O–H groups in total. The van der Waals surface area contributed by atoms with E-state index in [0.29, 0.717) is 0 Å². The maximum absolute atomic E-state index is 8.77. The molecule has 0 atom stereocenters. The van der Waals surface area contributed by atoms with Crippen LogP contribution in [0.3, 0.4) is 0 Å². The first-order chi connectivity index (χ1) is 8.26. The molecular formula is C14H19N2O+. The minimum atomic E-state index is 1.01. The summed E-state index contributed by atoms with van der Waals surface area (Å²) < 4.78 is 1.04. The van der Waals surface area contributed by atoms with E-state index in [0.717, 1.165) is 17.6 Å². The van der Waals surface area contributed by atoms with Gasteiger partial charge in [0, 0.05) is 29.3 Å². The molecule has 0 radical (unpaired) electrons. The zero-order chi connectivity index (χ0) is 12.5. The highest BCUT2D eigenvalue weighted by molar-refractivity contribution is 5.08. The third kappa shape index (κ3) is 5.11. The summed E-state index contributed by atoms with van der Waals surface area (Å²) in [5.41, 5.74) is 2.58. The number of aryl methyl sites for hydroxylation is 2. The van der Waals surface area contributed by atoms with E-state index < -0.39 is 0 Å². The van der Waals surface area contributed by atoms with Gasteiger partial charge in [0.1, 0.15) is 0 Å². The number of hydrogen-bond acceptors (Lipinski definition) is 2. The summed E-state index contributed by atoms with van der Waals surface area (Å²) in [6.45, 7) is 4.21. The Kier molecular flexibility index (Phi) is 5.72. The van der Waals surface area contributed by atoms with Crippen molar-refractivity contribution in [2.75, 3.05) is 0 Å². The Hall–Kier alpha value is -1.90. The lowest BCUT2D eigenvalue weighted by molar-refractivity contribution is -0.904. The summed E-state index contributed by atoms with van der Waals surface area (Å²) in [5.74, 6) is 0. The average molecular weight is 231 g/mol. The molecule has 2 rings (SSSR count). The topological polar surface area (TPSA) is 37.0 Å². The second kappa shape index (κ2) is 7.39. The van der Waals surface area contributed by atoms with Crippen molar-refractivity contribution in [1.82, 2.24) is 4.98 Å². The molecule has 0 aromatic carbocycles. The van der Waals surface area contributed by atoms with Crippen LogP contribution >= 0.6 is 0 Å². The van der Waals surface area contributed by atoms with Gasteiger partial charge in [-0.1, -0.05) is 13.8 Å². The van der Waals surface area contributed by atoms with E-state index in [1.807, 2.05) is 36.7 Å². The molecule has 0 aliphatic rings. The fourth-order valence-corrected chi connectivity index (χ4v) is 1.30. The first-order valence-electron chi connectivity index (χ1n) is 5.84. The molecule has 3 nitrogen and oxygen atoms in total. The van der Waals surface area contributed by atoms with Crippen molar-refractivity contribution < 1.29 is 9.94 Å². The van der Waals surface area contributed by atoms with E-state index in [4.69, 9.17) is 5.21 Å². The molecule has 0 unspecified atom stereocenters. The molecule has 0 saturated carbocycles. The van der Waals surface area contributed by atoms with Crippen LogP contribution in [-0.4, -0.2) is 10.2 Å². The fourth-order valence-electron chi connectivity index (χ4n) is 1.30. The van der Waals surface area contributed by atoms with Crippen molar-refractivity contribution in [2.24, 2.45) is 0 Å². The molecule has 0 amide bonds. The van der Waals surface area contributed by atoms with Crippen LogP contribution in [0.25, 0.3) is 0 Å². The third-order valence-electron chi connectivity index (χ3n) is 2.45. The summed E-state index contributed by atoms with van der Waals surface area (Å²) in [4.78, 5) is 3.89. The fraction of sp³-hybridized carbons (Fsp3) is 0.286. The van der Waals surface area contributed by atoms with Gasteiger partial charge in [0.05, 0.1) is 0 Å². The number of rotatable bonds is 2. The SMILES string of the molecule is CCc1cc[n+](O)cc1.CCc1ccncc1. The van der Waals surface area contributed by atoms with Crippen molar-refractivity contribution in [3.8, 4) is 0 Å². The highest BCUT2D eigenvalue weighted by atomic mass is 16.5. The Labute approximate surface area is 102 Å². The first kappa shape index (κ1) is 13.2. The summed E-state index contributed by atoms with van der Waals surface area (Å²) >= 11 is 0. The largest absolute Gasteiger partial charge is 0.285 e. The van der Waals surface area contributed by atoms with Gasteiger partial charge in [-0.15, -0.1) is 0 Å². The minimum Gasteiger partial charge on any atom is -0.285 e. The quantitative estimate of drug-likeness (QED) is 0.636. The number of nitrogens with zero attached hydrogens (tertiary/aromatic N) is 2. The molecule has 0 aliphatic carbocycles. The van der Waals surface area contributed by atoms with E-state index in [1.54, 1.807) is 12.4 Å². The van der Waals surface area contributed by atoms with Gasteiger partial charge in [-0.2, -0.15) is 0 Å². The minimum absolute atomic E-state index is 1.01. The van der Waals surface area contributed by atoms with Crippen molar-refractivity contribution in [1.29, 1.82) is 0 Å². The van der Waals surface area contributed by atoms with Crippen molar-refractivity contribution >= 4 is 0 Å². The summed E-state index contributed by atoms with van der Waals surface area (Å²) in [6.07, 6.45) is 9.00. The van der Waals surface area contributed by atoms with E-state index >= 15 is 0 Å². The smallest absolute Gasteiger partial charge is 0.222 e. The third-order valence-corrected chi connectivity index (χ3v) is 2.45. The Morgan fingerprint density at radius 3 is 1.82 bits per heavy atom. The summed E-state index contributed by atoms with van der Waals surface area (Å²) in [7, 11) is 0. The maximum Gasteiger partial charge on any atom is 0.222 e. The van der Waals surface area contributed by atoms with Crippen LogP contribution in [0, 0.1) is 0 Å². The van der Waals surface area contributed by atoms with Gasteiger partial charge in [-0.3, -0.25) is 10.2 Å². The van der Waals surface area contributed by atoms with E-state index in [-0.39, 0.29) is 0 Å². The summed E-state index contributed by atoms with van der Waals surface area (Å²) in [5, 5.41) is 8.77. The summed E-state index contributed by atoms with van der Waals surface area (Å²) in [6, 6.07) is 7.83. The Morgan fingerprint density at radius 1 is 0.941 bits per heavy atom. The highest BCUT2D eigenvalue weighted by Crippen LogP contribution is 1.94. The number of pyridine rings is 2. The molecular weight excluding hydrogens is 212 g/mol. The van der Waals surface area contributed by atoms with E-state index in [1.165, 1.54) is 11.1 Å². The molecule has 2 aromatic rings. The molecule has 0 fully saturated rings. The molecule has 2 heterocycles. The lowest BCUT2D eigenvalue weighted by Gasteiger charge is -1.89. The molecule has 0 aliphatic heterocycles. The van der Waals surface area contributed by atoms with Crippen molar-refractivity contribution in [3.05, 3.63) is 60.2 Å². The van der Waals surface area contributed by atoms with Crippen LogP contribution in [0.4, 0.5) is 0 Å². The van der Waals surface area contributed by atoms with Crippen LogP contribution in [-0.2, 0) is 12.8 Å². The Balaban J connectivity index is 0.000000171. The van der Waals surface area contributed by atoms with Gasteiger partial charge in [-0.25, -0.2) is 0 Å².